The first-order valence-electron chi connectivity index (χ1n) is 6.26. The van der Waals surface area contributed by atoms with E-state index in [2.05, 4.69) is 4.89 Å². The second kappa shape index (κ2) is 5.30. The molecular weight excluding hydrogens is 272 g/mol. The Bertz CT molecular complexity index is 836. The van der Waals surface area contributed by atoms with Crippen LogP contribution in [0.25, 0.3) is 22.3 Å². The van der Waals surface area contributed by atoms with Gasteiger partial charge in [0.25, 0.3) is 0 Å². The minimum absolute atomic E-state index is 0.109. The van der Waals surface area contributed by atoms with Crippen molar-refractivity contribution in [1.29, 1.82) is 0 Å². The minimum Gasteiger partial charge on any atom is -0.507 e. The third-order valence-electron chi connectivity index (χ3n) is 3.02. The van der Waals surface area contributed by atoms with Gasteiger partial charge < -0.3 is 14.4 Å². The van der Waals surface area contributed by atoms with Crippen molar-refractivity contribution < 1.29 is 19.3 Å². The summed E-state index contributed by atoms with van der Waals surface area (Å²) in [4.78, 5) is 21.6. The molecule has 5 heteroatoms. The zero-order valence-electron chi connectivity index (χ0n) is 11.2. The summed E-state index contributed by atoms with van der Waals surface area (Å²) in [5.74, 6) is 0.450. The number of hydrogen-bond acceptors (Lipinski definition) is 5. The van der Waals surface area contributed by atoms with Gasteiger partial charge in [-0.3, -0.25) is 4.79 Å². The average molecular weight is 284 g/mol. The largest absolute Gasteiger partial charge is 0.507 e. The van der Waals surface area contributed by atoms with Crippen molar-refractivity contribution in [3.63, 3.8) is 0 Å². The molecule has 0 fully saturated rings. The molecule has 1 aromatic heterocycles. The lowest BCUT2D eigenvalue weighted by atomic mass is 10.1. The van der Waals surface area contributed by atoms with Gasteiger partial charge in [0.1, 0.15) is 22.5 Å². The fraction of sp³-hybridized carbons (Fsp3) is 0.0625. The van der Waals surface area contributed by atoms with Gasteiger partial charge in [-0.2, -0.15) is 4.89 Å². The SMILES string of the molecule is COOc1cc(O)c2c(=O)cc(-c3ccccc3)oc2c1. The van der Waals surface area contributed by atoms with Gasteiger partial charge in [-0.15, -0.1) is 0 Å². The third-order valence-corrected chi connectivity index (χ3v) is 3.02. The molecule has 2 aromatic carbocycles. The highest BCUT2D eigenvalue weighted by atomic mass is 17.2. The summed E-state index contributed by atoms with van der Waals surface area (Å²) in [5, 5.41) is 10.0. The highest BCUT2D eigenvalue weighted by Crippen LogP contribution is 2.30. The Labute approximate surface area is 119 Å². The van der Waals surface area contributed by atoms with E-state index in [9.17, 15) is 9.90 Å². The number of fused-ring (bicyclic) bond motifs is 1. The standard InChI is InChI=1S/C16H12O5/c1-19-21-11-7-12(17)16-13(18)9-14(20-15(16)8-11)10-5-3-2-4-6-10/h2-9,17H,1H3. The van der Waals surface area contributed by atoms with E-state index in [1.165, 1.54) is 25.3 Å². The molecule has 0 unspecified atom stereocenters. The molecule has 0 atom stereocenters. The molecule has 0 bridgehead atoms. The molecule has 1 heterocycles. The molecule has 106 valence electrons. The first-order chi connectivity index (χ1) is 10.2. The number of phenolic OH excluding ortho intramolecular Hbond substituents is 1. The summed E-state index contributed by atoms with van der Waals surface area (Å²) < 4.78 is 5.70. The van der Waals surface area contributed by atoms with Crippen molar-refractivity contribution in [3.05, 3.63) is 58.8 Å². The van der Waals surface area contributed by atoms with Crippen LogP contribution in [0.2, 0.25) is 0 Å². The van der Waals surface area contributed by atoms with Crippen LogP contribution in [0.4, 0.5) is 0 Å². The number of hydrogen-bond donors (Lipinski definition) is 1. The predicted octanol–water partition coefficient (Wildman–Crippen LogP) is 3.11. The zero-order valence-corrected chi connectivity index (χ0v) is 11.2. The van der Waals surface area contributed by atoms with E-state index in [0.29, 0.717) is 5.76 Å². The monoisotopic (exact) mass is 284 g/mol. The Kier molecular flexibility index (Phi) is 3.33. The molecule has 0 aliphatic carbocycles. The molecule has 3 rings (SSSR count). The summed E-state index contributed by atoms with van der Waals surface area (Å²) in [6.07, 6.45) is 0. The third kappa shape index (κ3) is 2.46. The molecule has 21 heavy (non-hydrogen) atoms. The topological polar surface area (TPSA) is 68.9 Å². The van der Waals surface area contributed by atoms with Crippen molar-refractivity contribution in [1.82, 2.24) is 0 Å². The van der Waals surface area contributed by atoms with Crippen molar-refractivity contribution in [2.75, 3.05) is 7.11 Å². The lowest BCUT2D eigenvalue weighted by Crippen LogP contribution is -2.01. The van der Waals surface area contributed by atoms with Gasteiger partial charge in [0.2, 0.25) is 0 Å². The summed E-state index contributed by atoms with van der Waals surface area (Å²) in [5.41, 5.74) is 0.680. The van der Waals surface area contributed by atoms with E-state index in [1.54, 1.807) is 0 Å². The normalized spacial score (nSPS) is 10.7. The lowest BCUT2D eigenvalue weighted by Gasteiger charge is -2.06. The maximum absolute atomic E-state index is 12.2. The van der Waals surface area contributed by atoms with Crippen LogP contribution < -0.4 is 10.3 Å². The van der Waals surface area contributed by atoms with Crippen LogP contribution in [0, 0.1) is 0 Å². The van der Waals surface area contributed by atoms with Crippen LogP contribution in [0.3, 0.4) is 0 Å². The van der Waals surface area contributed by atoms with Crippen molar-refractivity contribution in [3.8, 4) is 22.8 Å². The van der Waals surface area contributed by atoms with Gasteiger partial charge in [-0.05, 0) is 0 Å². The van der Waals surface area contributed by atoms with Gasteiger partial charge in [0, 0.05) is 23.8 Å². The number of aromatic hydroxyl groups is 1. The molecule has 0 amide bonds. The summed E-state index contributed by atoms with van der Waals surface area (Å²) in [6.45, 7) is 0. The summed E-state index contributed by atoms with van der Waals surface area (Å²) in [7, 11) is 1.35. The van der Waals surface area contributed by atoms with Crippen LogP contribution in [-0.2, 0) is 4.89 Å². The van der Waals surface area contributed by atoms with Crippen LogP contribution in [-0.4, -0.2) is 12.2 Å². The van der Waals surface area contributed by atoms with Gasteiger partial charge in [-0.25, -0.2) is 0 Å². The van der Waals surface area contributed by atoms with E-state index in [-0.39, 0.29) is 27.9 Å². The first-order valence-corrected chi connectivity index (χ1v) is 6.26. The highest BCUT2D eigenvalue weighted by molar-refractivity contribution is 5.86. The second-order valence-corrected chi connectivity index (χ2v) is 4.41. The van der Waals surface area contributed by atoms with Crippen molar-refractivity contribution >= 4 is 11.0 Å². The number of phenols is 1. The molecule has 0 spiro atoms. The lowest BCUT2D eigenvalue weighted by molar-refractivity contribution is -0.178. The van der Waals surface area contributed by atoms with Gasteiger partial charge in [0.15, 0.2) is 11.2 Å². The first kappa shape index (κ1) is 13.2. The Hall–Kier alpha value is -2.79. The Morgan fingerprint density at radius 3 is 2.57 bits per heavy atom. The molecule has 3 aromatic rings. The fourth-order valence-corrected chi connectivity index (χ4v) is 2.13. The molecule has 5 nitrogen and oxygen atoms in total. The maximum Gasteiger partial charge on any atom is 0.197 e. The summed E-state index contributed by atoms with van der Waals surface area (Å²) >= 11 is 0. The Morgan fingerprint density at radius 2 is 1.86 bits per heavy atom. The highest BCUT2D eigenvalue weighted by Gasteiger charge is 2.13. The molecule has 0 saturated carbocycles. The summed E-state index contributed by atoms with van der Waals surface area (Å²) in [6, 6.07) is 13.4. The van der Waals surface area contributed by atoms with Gasteiger partial charge >= 0.3 is 0 Å². The number of rotatable bonds is 3. The second-order valence-electron chi connectivity index (χ2n) is 4.41. The molecule has 1 N–H and O–H groups in total. The molecular formula is C16H12O5. The Morgan fingerprint density at radius 1 is 1.10 bits per heavy atom. The van der Waals surface area contributed by atoms with E-state index in [4.69, 9.17) is 9.30 Å². The minimum atomic E-state index is -0.323. The molecule has 0 aliphatic heterocycles. The maximum atomic E-state index is 12.2. The van der Waals surface area contributed by atoms with E-state index in [0.717, 1.165) is 5.56 Å². The molecule has 0 radical (unpaired) electrons. The van der Waals surface area contributed by atoms with Crippen molar-refractivity contribution in [2.24, 2.45) is 0 Å². The van der Waals surface area contributed by atoms with Crippen molar-refractivity contribution in [2.45, 2.75) is 0 Å². The number of benzene rings is 2. The van der Waals surface area contributed by atoms with E-state index >= 15 is 0 Å². The van der Waals surface area contributed by atoms with Gasteiger partial charge in [0.05, 0.1) is 7.11 Å². The predicted molar refractivity (Wildman–Crippen MR) is 77.2 cm³/mol. The van der Waals surface area contributed by atoms with E-state index < -0.39 is 0 Å². The van der Waals surface area contributed by atoms with E-state index in [1.807, 2.05) is 30.3 Å². The average Bonchev–Trinajstić information content (AvgIpc) is 2.47. The smallest absolute Gasteiger partial charge is 0.197 e. The van der Waals surface area contributed by atoms with Crippen LogP contribution in [0.1, 0.15) is 0 Å². The molecule has 0 aliphatic rings. The zero-order chi connectivity index (χ0) is 14.8. The fourth-order valence-electron chi connectivity index (χ4n) is 2.13. The van der Waals surface area contributed by atoms with Crippen LogP contribution >= 0.6 is 0 Å². The van der Waals surface area contributed by atoms with Gasteiger partial charge in [-0.1, -0.05) is 30.3 Å². The quantitative estimate of drug-likeness (QED) is 0.591. The van der Waals surface area contributed by atoms with Crippen LogP contribution in [0.5, 0.6) is 11.5 Å². The van der Waals surface area contributed by atoms with Crippen LogP contribution in [0.15, 0.2) is 57.7 Å². The Balaban J connectivity index is 2.25. The molecule has 0 saturated heterocycles.